The quantitative estimate of drug-likeness (QED) is 0.849. The molecule has 0 aliphatic carbocycles. The largest absolute Gasteiger partial charge is 0.387 e. The van der Waals surface area contributed by atoms with Gasteiger partial charge < -0.3 is 10.4 Å². The summed E-state index contributed by atoms with van der Waals surface area (Å²) in [5.41, 5.74) is 1.84. The normalized spacial score (nSPS) is 13.1. The highest BCUT2D eigenvalue weighted by molar-refractivity contribution is 5.78. The van der Waals surface area contributed by atoms with E-state index in [0.29, 0.717) is 12.5 Å². The van der Waals surface area contributed by atoms with Crippen LogP contribution < -0.4 is 5.32 Å². The van der Waals surface area contributed by atoms with Gasteiger partial charge in [-0.25, -0.2) is 0 Å². The standard InChI is InChI=1S/C15H20N2O/c1-11(2)9-16-10-15(18)13-6-5-12-4-3-7-17-14(12)8-13/h3-8,11,15-16,18H,9-10H2,1-2H3. The summed E-state index contributed by atoms with van der Waals surface area (Å²) in [4.78, 5) is 4.30. The number of aromatic nitrogens is 1. The summed E-state index contributed by atoms with van der Waals surface area (Å²) in [5, 5.41) is 14.5. The van der Waals surface area contributed by atoms with Gasteiger partial charge in [0.15, 0.2) is 0 Å². The van der Waals surface area contributed by atoms with Gasteiger partial charge in [0.2, 0.25) is 0 Å². The third-order valence-corrected chi connectivity index (χ3v) is 2.91. The van der Waals surface area contributed by atoms with Crippen molar-refractivity contribution in [3.8, 4) is 0 Å². The second-order valence-corrected chi connectivity index (χ2v) is 5.02. The number of hydrogen-bond acceptors (Lipinski definition) is 3. The van der Waals surface area contributed by atoms with Crippen LogP contribution in [0.5, 0.6) is 0 Å². The van der Waals surface area contributed by atoms with E-state index in [0.717, 1.165) is 23.0 Å². The number of fused-ring (bicyclic) bond motifs is 1. The number of hydrogen-bond donors (Lipinski definition) is 2. The molecule has 0 amide bonds. The van der Waals surface area contributed by atoms with Crippen LogP contribution in [0.2, 0.25) is 0 Å². The molecule has 1 aromatic heterocycles. The fourth-order valence-corrected chi connectivity index (χ4v) is 1.92. The van der Waals surface area contributed by atoms with E-state index in [9.17, 15) is 5.11 Å². The molecule has 1 atom stereocenters. The van der Waals surface area contributed by atoms with Crippen LogP contribution in [0, 0.1) is 5.92 Å². The zero-order valence-corrected chi connectivity index (χ0v) is 10.9. The van der Waals surface area contributed by atoms with E-state index < -0.39 is 6.10 Å². The lowest BCUT2D eigenvalue weighted by Gasteiger charge is -2.14. The molecule has 18 heavy (non-hydrogen) atoms. The number of nitrogens with zero attached hydrogens (tertiary/aromatic N) is 1. The fourth-order valence-electron chi connectivity index (χ4n) is 1.92. The van der Waals surface area contributed by atoms with Crippen molar-refractivity contribution < 1.29 is 5.11 Å². The van der Waals surface area contributed by atoms with Crippen LogP contribution in [-0.2, 0) is 0 Å². The first-order valence-corrected chi connectivity index (χ1v) is 6.40. The van der Waals surface area contributed by atoms with Crippen molar-refractivity contribution >= 4 is 10.9 Å². The van der Waals surface area contributed by atoms with Crippen LogP contribution in [0.1, 0.15) is 25.5 Å². The van der Waals surface area contributed by atoms with Crippen LogP contribution >= 0.6 is 0 Å². The summed E-state index contributed by atoms with van der Waals surface area (Å²) in [5.74, 6) is 0.593. The van der Waals surface area contributed by atoms with Gasteiger partial charge >= 0.3 is 0 Å². The molecule has 0 aliphatic rings. The monoisotopic (exact) mass is 244 g/mol. The second-order valence-electron chi connectivity index (χ2n) is 5.02. The molecule has 2 rings (SSSR count). The Kier molecular flexibility index (Phi) is 4.28. The van der Waals surface area contributed by atoms with Crippen LogP contribution in [0.3, 0.4) is 0 Å². The third kappa shape index (κ3) is 3.28. The first kappa shape index (κ1) is 13.0. The van der Waals surface area contributed by atoms with Gasteiger partial charge in [-0.3, -0.25) is 4.98 Å². The van der Waals surface area contributed by atoms with E-state index >= 15 is 0 Å². The van der Waals surface area contributed by atoms with E-state index in [1.54, 1.807) is 6.20 Å². The molecule has 96 valence electrons. The molecule has 0 spiro atoms. The van der Waals surface area contributed by atoms with Gasteiger partial charge in [0.1, 0.15) is 0 Å². The van der Waals surface area contributed by atoms with Gasteiger partial charge in [-0.15, -0.1) is 0 Å². The maximum absolute atomic E-state index is 10.1. The second kappa shape index (κ2) is 5.94. The summed E-state index contributed by atoms with van der Waals surface area (Å²) in [6, 6.07) is 9.87. The summed E-state index contributed by atoms with van der Waals surface area (Å²) < 4.78 is 0. The minimum atomic E-state index is -0.477. The highest BCUT2D eigenvalue weighted by Gasteiger charge is 2.08. The maximum atomic E-state index is 10.1. The van der Waals surface area contributed by atoms with E-state index in [2.05, 4.69) is 24.1 Å². The third-order valence-electron chi connectivity index (χ3n) is 2.91. The molecule has 1 aromatic carbocycles. The first-order chi connectivity index (χ1) is 8.66. The molecule has 0 fully saturated rings. The highest BCUT2D eigenvalue weighted by atomic mass is 16.3. The smallest absolute Gasteiger partial charge is 0.0915 e. The van der Waals surface area contributed by atoms with E-state index in [-0.39, 0.29) is 0 Å². The molecular formula is C15H20N2O. The Morgan fingerprint density at radius 2 is 2.06 bits per heavy atom. The van der Waals surface area contributed by atoms with Gasteiger partial charge in [-0.05, 0) is 30.2 Å². The molecule has 0 bridgehead atoms. The van der Waals surface area contributed by atoms with Gasteiger partial charge in [0.05, 0.1) is 11.6 Å². The van der Waals surface area contributed by atoms with Gasteiger partial charge in [0, 0.05) is 18.1 Å². The molecule has 1 heterocycles. The average molecular weight is 244 g/mol. The Bertz CT molecular complexity index is 511. The zero-order chi connectivity index (χ0) is 13.0. The topological polar surface area (TPSA) is 45.1 Å². The number of nitrogens with one attached hydrogen (secondary N) is 1. The molecule has 2 aromatic rings. The van der Waals surface area contributed by atoms with Crippen molar-refractivity contribution in [3.05, 3.63) is 42.1 Å². The van der Waals surface area contributed by atoms with E-state index in [1.807, 2.05) is 30.3 Å². The number of rotatable bonds is 5. The van der Waals surface area contributed by atoms with Gasteiger partial charge in [0.25, 0.3) is 0 Å². The summed E-state index contributed by atoms with van der Waals surface area (Å²) in [7, 11) is 0. The Hall–Kier alpha value is -1.45. The van der Waals surface area contributed by atoms with Crippen LogP contribution in [-0.4, -0.2) is 23.2 Å². The molecule has 0 aliphatic heterocycles. The lowest BCUT2D eigenvalue weighted by molar-refractivity contribution is 0.173. The van der Waals surface area contributed by atoms with Crippen molar-refractivity contribution in [2.75, 3.05) is 13.1 Å². The number of aliphatic hydroxyl groups excluding tert-OH is 1. The Balaban J connectivity index is 2.06. The molecule has 1 unspecified atom stereocenters. The van der Waals surface area contributed by atoms with Crippen molar-refractivity contribution in [3.63, 3.8) is 0 Å². The molecule has 2 N–H and O–H groups in total. The van der Waals surface area contributed by atoms with Crippen LogP contribution in [0.25, 0.3) is 10.9 Å². The molecule has 0 saturated carbocycles. The Labute approximate surface area is 108 Å². The molecule has 0 saturated heterocycles. The zero-order valence-electron chi connectivity index (χ0n) is 10.9. The molecule has 3 heteroatoms. The maximum Gasteiger partial charge on any atom is 0.0915 e. The summed E-state index contributed by atoms with van der Waals surface area (Å²) >= 11 is 0. The van der Waals surface area contributed by atoms with Gasteiger partial charge in [-0.1, -0.05) is 32.0 Å². The van der Waals surface area contributed by atoms with Crippen molar-refractivity contribution in [2.45, 2.75) is 20.0 Å². The van der Waals surface area contributed by atoms with Crippen molar-refractivity contribution in [2.24, 2.45) is 5.92 Å². The summed E-state index contributed by atoms with van der Waals surface area (Å²) in [6.07, 6.45) is 1.30. The molecular weight excluding hydrogens is 224 g/mol. The average Bonchev–Trinajstić information content (AvgIpc) is 2.37. The first-order valence-electron chi connectivity index (χ1n) is 6.40. The number of benzene rings is 1. The minimum absolute atomic E-state index is 0.477. The SMILES string of the molecule is CC(C)CNCC(O)c1ccc2cccnc2c1. The number of pyridine rings is 1. The summed E-state index contributed by atoms with van der Waals surface area (Å²) in [6.45, 7) is 5.80. The van der Waals surface area contributed by atoms with Crippen LogP contribution in [0.15, 0.2) is 36.5 Å². The predicted molar refractivity (Wildman–Crippen MR) is 74.4 cm³/mol. The Morgan fingerprint density at radius 3 is 2.83 bits per heavy atom. The van der Waals surface area contributed by atoms with Crippen molar-refractivity contribution in [1.29, 1.82) is 0 Å². The highest BCUT2D eigenvalue weighted by Crippen LogP contribution is 2.18. The lowest BCUT2D eigenvalue weighted by atomic mass is 10.1. The Morgan fingerprint density at radius 1 is 1.22 bits per heavy atom. The van der Waals surface area contributed by atoms with Gasteiger partial charge in [-0.2, -0.15) is 0 Å². The molecule has 0 radical (unpaired) electrons. The fraction of sp³-hybridized carbons (Fsp3) is 0.400. The predicted octanol–water partition coefficient (Wildman–Crippen LogP) is 2.51. The van der Waals surface area contributed by atoms with E-state index in [1.165, 1.54) is 0 Å². The lowest BCUT2D eigenvalue weighted by Crippen LogP contribution is -2.25. The molecule has 3 nitrogen and oxygen atoms in total. The van der Waals surface area contributed by atoms with Crippen molar-refractivity contribution in [1.82, 2.24) is 10.3 Å². The number of aliphatic hydroxyl groups is 1. The van der Waals surface area contributed by atoms with E-state index in [4.69, 9.17) is 0 Å². The van der Waals surface area contributed by atoms with Crippen LogP contribution in [0.4, 0.5) is 0 Å². The minimum Gasteiger partial charge on any atom is -0.387 e.